The fourth-order valence-corrected chi connectivity index (χ4v) is 0.811. The minimum atomic E-state index is -0.513. The highest BCUT2D eigenvalue weighted by Crippen LogP contribution is 2.08. The number of rotatable bonds is 2. The zero-order valence-corrected chi connectivity index (χ0v) is 9.82. The van der Waals surface area contributed by atoms with Crippen molar-refractivity contribution < 1.29 is 5.11 Å². The Morgan fingerprint density at radius 2 is 1.60 bits per heavy atom. The molecule has 0 saturated heterocycles. The van der Waals surface area contributed by atoms with Crippen LogP contribution >= 0.6 is 0 Å². The molecule has 2 nitrogen and oxygen atoms in total. The summed E-state index contributed by atoms with van der Waals surface area (Å²) in [5.41, 5.74) is 6.13. The predicted molar refractivity (Wildman–Crippen MR) is 67.7 cm³/mol. The third-order valence-corrected chi connectivity index (χ3v) is 1.41. The summed E-state index contributed by atoms with van der Waals surface area (Å²) in [5, 5.41) is 9.20. The van der Waals surface area contributed by atoms with Crippen molar-refractivity contribution in [2.75, 3.05) is 6.54 Å². The molecule has 0 spiro atoms. The lowest BCUT2D eigenvalue weighted by Crippen LogP contribution is -2.10. The molecule has 0 fully saturated rings. The first-order valence-corrected chi connectivity index (χ1v) is 5.19. The van der Waals surface area contributed by atoms with Crippen molar-refractivity contribution in [3.8, 4) is 0 Å². The number of hydrogen-bond donors (Lipinski definition) is 2. The summed E-state index contributed by atoms with van der Waals surface area (Å²) in [6, 6.07) is 9.39. The Labute approximate surface area is 93.4 Å². The highest BCUT2D eigenvalue weighted by molar-refractivity contribution is 5.17. The number of hydrogen-bond acceptors (Lipinski definition) is 2. The number of nitrogens with two attached hydrogens (primary N) is 1. The fourth-order valence-electron chi connectivity index (χ4n) is 0.811. The van der Waals surface area contributed by atoms with Gasteiger partial charge in [-0.25, -0.2) is 0 Å². The van der Waals surface area contributed by atoms with Crippen molar-refractivity contribution in [3.63, 3.8) is 0 Å². The van der Waals surface area contributed by atoms with Crippen LogP contribution in [0, 0.1) is 0 Å². The molecule has 15 heavy (non-hydrogen) atoms. The molecule has 0 bridgehead atoms. The van der Waals surface area contributed by atoms with E-state index in [1.165, 1.54) is 6.42 Å². The van der Waals surface area contributed by atoms with E-state index >= 15 is 0 Å². The normalized spacial score (nSPS) is 10.1. The van der Waals surface area contributed by atoms with Crippen LogP contribution in [0.25, 0.3) is 0 Å². The van der Waals surface area contributed by atoms with E-state index in [0.717, 1.165) is 5.56 Å². The first kappa shape index (κ1) is 16.3. The molecule has 0 heterocycles. The van der Waals surface area contributed by atoms with E-state index in [4.69, 9.17) is 5.73 Å². The second-order valence-corrected chi connectivity index (χ2v) is 2.87. The molecule has 0 amide bonds. The minimum absolute atomic E-state index is 0.282. The summed E-state index contributed by atoms with van der Waals surface area (Å²) in [6.07, 6.45) is 0.737. The summed E-state index contributed by atoms with van der Waals surface area (Å²) >= 11 is 0. The molecule has 1 rings (SSSR count). The fraction of sp³-hybridized carbons (Fsp3) is 0.385. The van der Waals surface area contributed by atoms with E-state index in [2.05, 4.69) is 27.0 Å². The van der Waals surface area contributed by atoms with Gasteiger partial charge in [0, 0.05) is 6.54 Å². The third-order valence-electron chi connectivity index (χ3n) is 1.41. The van der Waals surface area contributed by atoms with Crippen LogP contribution in [-0.2, 0) is 0 Å². The lowest BCUT2D eigenvalue weighted by Gasteiger charge is -2.05. The van der Waals surface area contributed by atoms with E-state index in [9.17, 15) is 5.11 Å². The molecule has 0 saturated carbocycles. The number of aliphatic hydroxyl groups is 1. The lowest BCUT2D eigenvalue weighted by molar-refractivity contribution is 0.187. The van der Waals surface area contributed by atoms with Crippen LogP contribution in [0.2, 0.25) is 0 Å². The Bertz CT molecular complexity index is 211. The van der Waals surface area contributed by atoms with Crippen molar-refractivity contribution in [1.29, 1.82) is 0 Å². The second-order valence-electron chi connectivity index (χ2n) is 2.87. The molecule has 0 unspecified atom stereocenters. The standard InChI is InChI=1S/C8H11NO.C3H8.C2H4/c9-6-8(10)7-4-2-1-3-5-7;1-3-2;1-2/h1-5,8,10H,6,9H2;3H2,1-2H3;1-2H2/t8-;;/m1../s1. The predicted octanol–water partition coefficient (Wildman–Crippen LogP) is 2.90. The maximum atomic E-state index is 9.20. The molecule has 2 heteroatoms. The van der Waals surface area contributed by atoms with E-state index < -0.39 is 6.10 Å². The van der Waals surface area contributed by atoms with Gasteiger partial charge in [0.2, 0.25) is 0 Å². The van der Waals surface area contributed by atoms with Gasteiger partial charge in [-0.05, 0) is 5.56 Å². The number of benzene rings is 1. The van der Waals surface area contributed by atoms with Crippen molar-refractivity contribution in [3.05, 3.63) is 49.1 Å². The van der Waals surface area contributed by atoms with Crippen LogP contribution in [-0.4, -0.2) is 11.7 Å². The van der Waals surface area contributed by atoms with Gasteiger partial charge in [-0.2, -0.15) is 0 Å². The summed E-state index contributed by atoms with van der Waals surface area (Å²) in [6.45, 7) is 10.5. The van der Waals surface area contributed by atoms with Gasteiger partial charge in [0.05, 0.1) is 6.10 Å². The lowest BCUT2D eigenvalue weighted by atomic mass is 10.1. The van der Waals surface area contributed by atoms with E-state index in [1.54, 1.807) is 0 Å². The summed E-state index contributed by atoms with van der Waals surface area (Å²) in [5.74, 6) is 0. The zero-order chi connectivity index (χ0) is 12.1. The van der Waals surface area contributed by atoms with E-state index in [0.29, 0.717) is 0 Å². The van der Waals surface area contributed by atoms with Gasteiger partial charge in [0.15, 0.2) is 0 Å². The van der Waals surface area contributed by atoms with Gasteiger partial charge < -0.3 is 10.8 Å². The topological polar surface area (TPSA) is 46.2 Å². The smallest absolute Gasteiger partial charge is 0.0912 e. The van der Waals surface area contributed by atoms with Gasteiger partial charge in [0.25, 0.3) is 0 Å². The van der Waals surface area contributed by atoms with Gasteiger partial charge in [0.1, 0.15) is 0 Å². The van der Waals surface area contributed by atoms with Crippen LogP contribution in [0.1, 0.15) is 31.9 Å². The Morgan fingerprint density at radius 3 is 1.93 bits per heavy atom. The Balaban J connectivity index is 0. The highest BCUT2D eigenvalue weighted by atomic mass is 16.3. The van der Waals surface area contributed by atoms with Crippen molar-refractivity contribution in [2.24, 2.45) is 5.73 Å². The summed E-state index contributed by atoms with van der Waals surface area (Å²) in [7, 11) is 0. The SMILES string of the molecule is C=C.CCC.NC[C@@H](O)c1ccccc1. The van der Waals surface area contributed by atoms with Gasteiger partial charge in [-0.1, -0.05) is 50.6 Å². The first-order chi connectivity index (χ1) is 7.26. The van der Waals surface area contributed by atoms with E-state index in [1.807, 2.05) is 30.3 Å². The molecule has 0 aromatic heterocycles. The molecule has 3 N–H and O–H groups in total. The molecular weight excluding hydrogens is 186 g/mol. The Morgan fingerprint density at radius 1 is 1.20 bits per heavy atom. The first-order valence-electron chi connectivity index (χ1n) is 5.19. The molecular formula is C13H23NO. The molecule has 0 aliphatic heterocycles. The molecule has 1 atom stereocenters. The van der Waals surface area contributed by atoms with Gasteiger partial charge >= 0.3 is 0 Å². The zero-order valence-electron chi connectivity index (χ0n) is 9.82. The van der Waals surface area contributed by atoms with Crippen LogP contribution in [0.3, 0.4) is 0 Å². The van der Waals surface area contributed by atoms with Crippen molar-refractivity contribution >= 4 is 0 Å². The van der Waals surface area contributed by atoms with Crippen molar-refractivity contribution in [2.45, 2.75) is 26.4 Å². The van der Waals surface area contributed by atoms with E-state index in [-0.39, 0.29) is 6.54 Å². The van der Waals surface area contributed by atoms with Crippen LogP contribution in [0.5, 0.6) is 0 Å². The molecule has 0 aliphatic carbocycles. The number of aliphatic hydroxyl groups excluding tert-OH is 1. The van der Waals surface area contributed by atoms with Crippen LogP contribution in [0.15, 0.2) is 43.5 Å². The Hall–Kier alpha value is -1.12. The molecule has 86 valence electrons. The van der Waals surface area contributed by atoms with Gasteiger partial charge in [-0.3, -0.25) is 0 Å². The average Bonchev–Trinajstić information content (AvgIpc) is 2.33. The summed E-state index contributed by atoms with van der Waals surface area (Å²) in [4.78, 5) is 0. The maximum Gasteiger partial charge on any atom is 0.0912 e. The average molecular weight is 209 g/mol. The van der Waals surface area contributed by atoms with Crippen molar-refractivity contribution in [1.82, 2.24) is 0 Å². The largest absolute Gasteiger partial charge is 0.387 e. The summed E-state index contributed by atoms with van der Waals surface area (Å²) < 4.78 is 0. The maximum absolute atomic E-state index is 9.20. The Kier molecular flexibility index (Phi) is 14.0. The minimum Gasteiger partial charge on any atom is -0.387 e. The van der Waals surface area contributed by atoms with Gasteiger partial charge in [-0.15, -0.1) is 13.2 Å². The molecule has 1 aromatic rings. The van der Waals surface area contributed by atoms with Crippen LogP contribution in [0.4, 0.5) is 0 Å². The second kappa shape index (κ2) is 12.9. The van der Waals surface area contributed by atoms with Crippen LogP contribution < -0.4 is 5.73 Å². The quantitative estimate of drug-likeness (QED) is 0.736. The molecule has 0 aliphatic rings. The molecule has 1 aromatic carbocycles. The monoisotopic (exact) mass is 209 g/mol. The highest BCUT2D eigenvalue weighted by Gasteiger charge is 2.01. The third kappa shape index (κ3) is 9.19. The molecule has 0 radical (unpaired) electrons.